The van der Waals surface area contributed by atoms with E-state index in [4.69, 9.17) is 4.74 Å². The second-order valence-corrected chi connectivity index (χ2v) is 5.90. The van der Waals surface area contributed by atoms with Crippen molar-refractivity contribution in [3.63, 3.8) is 0 Å². The van der Waals surface area contributed by atoms with Crippen LogP contribution < -0.4 is 4.74 Å². The van der Waals surface area contributed by atoms with Gasteiger partial charge in [-0.3, -0.25) is 0 Å². The monoisotopic (exact) mass is 278 g/mol. The second-order valence-electron chi connectivity index (χ2n) is 5.90. The second kappa shape index (κ2) is 9.02. The first-order valence-corrected chi connectivity index (χ1v) is 8.01. The predicted molar refractivity (Wildman–Crippen MR) is 85.1 cm³/mol. The van der Waals surface area contributed by atoms with Crippen LogP contribution in [0.25, 0.3) is 0 Å². The SMILES string of the molecule is CCCCC(CC)CC(O)c1ccc(OC(C)C)cc1. The van der Waals surface area contributed by atoms with Gasteiger partial charge < -0.3 is 9.84 Å². The van der Waals surface area contributed by atoms with E-state index in [1.165, 1.54) is 19.3 Å². The molecule has 2 unspecified atom stereocenters. The molecular formula is C18H30O2. The van der Waals surface area contributed by atoms with Crippen molar-refractivity contribution in [2.24, 2.45) is 5.92 Å². The predicted octanol–water partition coefficient (Wildman–Crippen LogP) is 5.11. The molecule has 114 valence electrons. The van der Waals surface area contributed by atoms with Crippen LogP contribution in [0.1, 0.15) is 71.5 Å². The van der Waals surface area contributed by atoms with E-state index in [0.717, 1.165) is 24.2 Å². The van der Waals surface area contributed by atoms with Crippen molar-refractivity contribution in [3.8, 4) is 5.75 Å². The molecule has 1 aromatic carbocycles. The Morgan fingerprint density at radius 2 is 1.75 bits per heavy atom. The van der Waals surface area contributed by atoms with Gasteiger partial charge in [-0.25, -0.2) is 0 Å². The summed E-state index contributed by atoms with van der Waals surface area (Å²) < 4.78 is 5.62. The summed E-state index contributed by atoms with van der Waals surface area (Å²) in [4.78, 5) is 0. The van der Waals surface area contributed by atoms with Gasteiger partial charge in [0.05, 0.1) is 12.2 Å². The Bertz CT molecular complexity index is 356. The van der Waals surface area contributed by atoms with E-state index in [-0.39, 0.29) is 12.2 Å². The minimum atomic E-state index is -0.357. The maximum atomic E-state index is 10.4. The largest absolute Gasteiger partial charge is 0.491 e. The fourth-order valence-corrected chi connectivity index (χ4v) is 2.47. The van der Waals surface area contributed by atoms with Crippen LogP contribution in [0.5, 0.6) is 5.75 Å². The summed E-state index contributed by atoms with van der Waals surface area (Å²) >= 11 is 0. The van der Waals surface area contributed by atoms with Crippen molar-refractivity contribution < 1.29 is 9.84 Å². The molecule has 0 spiro atoms. The van der Waals surface area contributed by atoms with Gasteiger partial charge in [-0.15, -0.1) is 0 Å². The summed E-state index contributed by atoms with van der Waals surface area (Å²) in [5.41, 5.74) is 0.996. The normalized spacial score (nSPS) is 14.3. The Morgan fingerprint density at radius 3 is 2.25 bits per heavy atom. The van der Waals surface area contributed by atoms with E-state index in [9.17, 15) is 5.11 Å². The standard InChI is InChI=1S/C18H30O2/c1-5-7-8-15(6-2)13-18(19)16-9-11-17(12-10-16)20-14(3)4/h9-12,14-15,18-19H,5-8,13H2,1-4H3. The third-order valence-corrected chi connectivity index (χ3v) is 3.74. The van der Waals surface area contributed by atoms with Gasteiger partial charge in [0.2, 0.25) is 0 Å². The molecule has 0 aliphatic carbocycles. The third-order valence-electron chi connectivity index (χ3n) is 3.74. The Labute approximate surface area is 124 Å². The molecule has 1 rings (SSSR count). The molecule has 0 amide bonds. The molecule has 0 saturated heterocycles. The van der Waals surface area contributed by atoms with Crippen molar-refractivity contribution in [2.45, 2.75) is 72.0 Å². The Morgan fingerprint density at radius 1 is 1.10 bits per heavy atom. The number of unbranched alkanes of at least 4 members (excludes halogenated alkanes) is 1. The number of rotatable bonds is 9. The molecule has 0 fully saturated rings. The van der Waals surface area contributed by atoms with E-state index in [1.807, 2.05) is 38.1 Å². The van der Waals surface area contributed by atoms with Crippen LogP contribution in [0, 0.1) is 5.92 Å². The van der Waals surface area contributed by atoms with Crippen LogP contribution >= 0.6 is 0 Å². The van der Waals surface area contributed by atoms with Gasteiger partial charge in [-0.05, 0) is 43.9 Å². The molecule has 20 heavy (non-hydrogen) atoms. The zero-order valence-corrected chi connectivity index (χ0v) is 13.4. The summed E-state index contributed by atoms with van der Waals surface area (Å²) in [7, 11) is 0. The first-order chi connectivity index (χ1) is 9.56. The smallest absolute Gasteiger partial charge is 0.119 e. The van der Waals surface area contributed by atoms with Gasteiger partial charge in [-0.2, -0.15) is 0 Å². The van der Waals surface area contributed by atoms with Crippen LogP contribution in [-0.2, 0) is 0 Å². The first kappa shape index (κ1) is 17.0. The maximum Gasteiger partial charge on any atom is 0.119 e. The zero-order chi connectivity index (χ0) is 15.0. The minimum absolute atomic E-state index is 0.185. The van der Waals surface area contributed by atoms with E-state index in [1.54, 1.807) is 0 Å². The molecule has 0 saturated carbocycles. The Balaban J connectivity index is 2.55. The fraction of sp³-hybridized carbons (Fsp3) is 0.667. The van der Waals surface area contributed by atoms with Gasteiger partial charge in [0.15, 0.2) is 0 Å². The molecule has 0 aliphatic rings. The zero-order valence-electron chi connectivity index (χ0n) is 13.4. The number of hydrogen-bond donors (Lipinski definition) is 1. The molecule has 0 aliphatic heterocycles. The van der Waals surface area contributed by atoms with Crippen LogP contribution in [0.15, 0.2) is 24.3 Å². The topological polar surface area (TPSA) is 29.5 Å². The summed E-state index contributed by atoms with van der Waals surface area (Å²) in [6.07, 6.45) is 5.54. The summed E-state index contributed by atoms with van der Waals surface area (Å²) in [6, 6.07) is 7.86. The lowest BCUT2D eigenvalue weighted by Crippen LogP contribution is -2.08. The first-order valence-electron chi connectivity index (χ1n) is 8.01. The van der Waals surface area contributed by atoms with Gasteiger partial charge in [0, 0.05) is 0 Å². The molecule has 1 aromatic rings. The Kier molecular flexibility index (Phi) is 7.68. The lowest BCUT2D eigenvalue weighted by atomic mass is 9.91. The van der Waals surface area contributed by atoms with Crippen LogP contribution in [0.3, 0.4) is 0 Å². The van der Waals surface area contributed by atoms with Gasteiger partial charge in [0.1, 0.15) is 5.75 Å². The number of hydrogen-bond acceptors (Lipinski definition) is 2. The van der Waals surface area contributed by atoms with Crippen molar-refractivity contribution >= 4 is 0 Å². The van der Waals surface area contributed by atoms with Crippen LogP contribution in [0.2, 0.25) is 0 Å². The van der Waals surface area contributed by atoms with Gasteiger partial charge >= 0.3 is 0 Å². The highest BCUT2D eigenvalue weighted by atomic mass is 16.5. The van der Waals surface area contributed by atoms with E-state index >= 15 is 0 Å². The third kappa shape index (κ3) is 5.96. The number of aliphatic hydroxyl groups excluding tert-OH is 1. The minimum Gasteiger partial charge on any atom is -0.491 e. The van der Waals surface area contributed by atoms with E-state index < -0.39 is 0 Å². The van der Waals surface area contributed by atoms with Crippen molar-refractivity contribution in [3.05, 3.63) is 29.8 Å². The molecule has 0 radical (unpaired) electrons. The maximum absolute atomic E-state index is 10.4. The molecule has 0 heterocycles. The lowest BCUT2D eigenvalue weighted by molar-refractivity contribution is 0.139. The number of benzene rings is 1. The van der Waals surface area contributed by atoms with Crippen molar-refractivity contribution in [1.82, 2.24) is 0 Å². The highest BCUT2D eigenvalue weighted by Gasteiger charge is 2.14. The average molecular weight is 278 g/mol. The molecule has 0 aromatic heterocycles. The average Bonchev–Trinajstić information content (AvgIpc) is 2.43. The highest BCUT2D eigenvalue weighted by Crippen LogP contribution is 2.27. The van der Waals surface area contributed by atoms with Gasteiger partial charge in [0.25, 0.3) is 0 Å². The van der Waals surface area contributed by atoms with E-state index in [0.29, 0.717) is 5.92 Å². The fourth-order valence-electron chi connectivity index (χ4n) is 2.47. The molecular weight excluding hydrogens is 248 g/mol. The van der Waals surface area contributed by atoms with Crippen LogP contribution in [0.4, 0.5) is 0 Å². The summed E-state index contributed by atoms with van der Waals surface area (Å²) in [5.74, 6) is 1.49. The molecule has 0 bridgehead atoms. The molecule has 2 heteroatoms. The molecule has 2 nitrogen and oxygen atoms in total. The van der Waals surface area contributed by atoms with Gasteiger partial charge in [-0.1, -0.05) is 51.7 Å². The van der Waals surface area contributed by atoms with Crippen LogP contribution in [-0.4, -0.2) is 11.2 Å². The van der Waals surface area contributed by atoms with E-state index in [2.05, 4.69) is 13.8 Å². The summed E-state index contributed by atoms with van der Waals surface area (Å²) in [6.45, 7) is 8.47. The number of ether oxygens (including phenoxy) is 1. The highest BCUT2D eigenvalue weighted by molar-refractivity contribution is 5.28. The molecule has 2 atom stereocenters. The quantitative estimate of drug-likeness (QED) is 0.680. The van der Waals surface area contributed by atoms with Crippen molar-refractivity contribution in [1.29, 1.82) is 0 Å². The molecule has 1 N–H and O–H groups in total. The Hall–Kier alpha value is -1.02. The lowest BCUT2D eigenvalue weighted by Gasteiger charge is -2.19. The van der Waals surface area contributed by atoms with Crippen molar-refractivity contribution in [2.75, 3.05) is 0 Å². The number of aliphatic hydroxyl groups is 1. The summed E-state index contributed by atoms with van der Waals surface area (Å²) in [5, 5.41) is 10.4.